The van der Waals surface area contributed by atoms with E-state index >= 15 is 4.39 Å². The van der Waals surface area contributed by atoms with Crippen molar-refractivity contribution in [3.63, 3.8) is 0 Å². The zero-order valence-electron chi connectivity index (χ0n) is 21.4. The predicted molar refractivity (Wildman–Crippen MR) is 151 cm³/mol. The van der Waals surface area contributed by atoms with Crippen molar-refractivity contribution < 1.29 is 36.7 Å². The number of aryl methyl sites for hydroxylation is 1. The van der Waals surface area contributed by atoms with Crippen molar-refractivity contribution in [2.75, 3.05) is 13.2 Å². The third-order valence-corrected chi connectivity index (χ3v) is 9.77. The van der Waals surface area contributed by atoms with Crippen molar-refractivity contribution >= 4 is 66.0 Å². The largest absolute Gasteiger partial charge is 0.387 e. The maximum atomic E-state index is 15.9. The van der Waals surface area contributed by atoms with Crippen LogP contribution in [0.3, 0.4) is 0 Å². The van der Waals surface area contributed by atoms with E-state index in [2.05, 4.69) is 43.8 Å². The van der Waals surface area contributed by atoms with Crippen molar-refractivity contribution in [3.05, 3.63) is 36.4 Å². The first-order valence-electron chi connectivity index (χ1n) is 12.2. The summed E-state index contributed by atoms with van der Waals surface area (Å²) < 4.78 is 60.5. The van der Waals surface area contributed by atoms with Crippen LogP contribution in [0.1, 0.15) is 30.0 Å². The summed E-state index contributed by atoms with van der Waals surface area (Å²) >= 11 is 9.25. The van der Waals surface area contributed by atoms with Gasteiger partial charge < -0.3 is 29.0 Å². The number of thiol groups is 1. The van der Waals surface area contributed by atoms with Crippen LogP contribution in [0.25, 0.3) is 16.7 Å². The molecule has 15 nitrogen and oxygen atoms in total. The van der Waals surface area contributed by atoms with Gasteiger partial charge in [0.25, 0.3) is 0 Å². The second-order valence-corrected chi connectivity index (χ2v) is 15.1. The van der Waals surface area contributed by atoms with Gasteiger partial charge in [0, 0.05) is 13.0 Å². The highest BCUT2D eigenvalue weighted by molar-refractivity contribution is 8.44. The summed E-state index contributed by atoms with van der Waals surface area (Å²) in [6.45, 7) is -3.22. The monoisotopic (exact) mass is 646 g/mol. The zero-order valence-corrected chi connectivity index (χ0v) is 24.9. The minimum Gasteiger partial charge on any atom is -0.387 e. The van der Waals surface area contributed by atoms with Crippen molar-refractivity contribution in [2.24, 2.45) is 10.7 Å². The quantitative estimate of drug-likeness (QED) is 0.259. The molecule has 3 aromatic heterocycles. The smallest absolute Gasteiger partial charge is 0.387 e. The molecule has 0 radical (unpaired) electrons. The number of hydrogen-bond acceptors (Lipinski definition) is 13. The Morgan fingerprint density at radius 1 is 1.29 bits per heavy atom. The average Bonchev–Trinajstić information content (AvgIpc) is 3.55. The highest BCUT2D eigenvalue weighted by Crippen LogP contribution is 2.58. The van der Waals surface area contributed by atoms with Gasteiger partial charge in [0.2, 0.25) is 0 Å². The Hall–Kier alpha value is -2.11. The molecule has 3 aliphatic rings. The fourth-order valence-electron chi connectivity index (χ4n) is 4.72. The van der Waals surface area contributed by atoms with Crippen LogP contribution in [0.2, 0.25) is 0 Å². The van der Waals surface area contributed by atoms with Crippen LogP contribution in [-0.2, 0) is 52.4 Å². The molecule has 0 amide bonds. The van der Waals surface area contributed by atoms with E-state index in [1.54, 1.807) is 11.5 Å². The summed E-state index contributed by atoms with van der Waals surface area (Å²) in [4.78, 5) is 32.3. The van der Waals surface area contributed by atoms with E-state index in [4.69, 9.17) is 40.4 Å². The van der Waals surface area contributed by atoms with E-state index in [-0.39, 0.29) is 37.2 Å². The fraction of sp³-hybridized carbons (Fsp3) is 0.476. The summed E-state index contributed by atoms with van der Waals surface area (Å²) in [5.74, 6) is 1.31. The minimum atomic E-state index is -4.25. The number of hydrogen-bond donors (Lipinski definition) is 3. The number of rotatable bonds is 1. The van der Waals surface area contributed by atoms with Gasteiger partial charge in [-0.05, 0) is 24.3 Å². The second kappa shape index (κ2) is 10.9. The molecular weight excluding hydrogens is 621 g/mol. The molecule has 220 valence electrons. The maximum absolute atomic E-state index is 15.9. The number of amidine groups is 1. The summed E-state index contributed by atoms with van der Waals surface area (Å²) in [7, 11) is 0. The molecule has 2 bridgehead atoms. The standard InChI is InChI=1S/C21H25FN8O7P2S2/c1-10-5-14(23)28-20-17(10)25-9-30(20)21-18-16(22)13(36-21)7-34-38(31,40)33-4-3-29-15(8-35-39(32,41)37-18)27-12-6-24-11(2)26-19(12)29/h6,9,13,16,18,21H,1,3-5,7-8H2,2H3,(H2,23,28)(H,31,40)(H,32,41)/t13-,16-,18-,21-,38?,39?/m1/s1. The zero-order chi connectivity index (χ0) is 29.1. The number of aliphatic imine (C=N–C) groups is 1. The molecule has 41 heavy (non-hydrogen) atoms. The van der Waals surface area contributed by atoms with Gasteiger partial charge in [0.1, 0.15) is 47.5 Å². The lowest BCUT2D eigenvalue weighted by atomic mass is 10.1. The van der Waals surface area contributed by atoms with Crippen LogP contribution in [0.4, 0.5) is 10.2 Å². The first-order valence-corrected chi connectivity index (χ1v) is 17.5. The van der Waals surface area contributed by atoms with Crippen molar-refractivity contribution in [1.29, 1.82) is 0 Å². The van der Waals surface area contributed by atoms with E-state index in [9.17, 15) is 9.46 Å². The molecule has 1 saturated heterocycles. The molecule has 0 spiro atoms. The van der Waals surface area contributed by atoms with Crippen LogP contribution in [0, 0.1) is 6.92 Å². The van der Waals surface area contributed by atoms with Gasteiger partial charge in [-0.2, -0.15) is 0 Å². The number of nitrogens with zero attached hydrogens (tertiary/aromatic N) is 7. The van der Waals surface area contributed by atoms with Crippen LogP contribution in [0.15, 0.2) is 24.1 Å². The Morgan fingerprint density at radius 2 is 2.10 bits per heavy atom. The van der Waals surface area contributed by atoms with Gasteiger partial charge in [-0.15, -0.1) is 0 Å². The van der Waals surface area contributed by atoms with Crippen LogP contribution in [-0.4, -0.2) is 71.4 Å². The Balaban J connectivity index is 1.36. The number of fused-ring (bicyclic) bond motifs is 6. The van der Waals surface area contributed by atoms with E-state index in [1.165, 1.54) is 17.1 Å². The number of ether oxygens (including phenoxy) is 1. The predicted octanol–water partition coefficient (Wildman–Crippen LogP) is 2.88. The summed E-state index contributed by atoms with van der Waals surface area (Å²) in [6.07, 6.45) is -2.83. The Bertz CT molecular complexity index is 1670. The van der Waals surface area contributed by atoms with Crippen molar-refractivity contribution in [1.82, 2.24) is 29.1 Å². The molecule has 3 aromatic rings. The molecule has 0 aromatic carbocycles. The molecule has 3 N–H and O–H groups in total. The molecule has 6 rings (SSSR count). The molecule has 0 saturated carbocycles. The van der Waals surface area contributed by atoms with E-state index < -0.39 is 44.7 Å². The molecule has 3 aliphatic heterocycles. The lowest BCUT2D eigenvalue weighted by Crippen LogP contribution is -2.32. The van der Waals surface area contributed by atoms with Crippen molar-refractivity contribution in [2.45, 2.75) is 51.1 Å². The molecule has 2 unspecified atom stereocenters. The highest BCUT2D eigenvalue weighted by Gasteiger charge is 2.51. The van der Waals surface area contributed by atoms with Gasteiger partial charge >= 0.3 is 13.5 Å². The average molecular weight is 647 g/mol. The SMILES string of the molecule is C=C1CC(N)=Nc2c1ncn2[C@@H]1O[C@@H]2COP(O)(=S)OCCn3c(nc4cnc(C)nc43)COP(=O)(S)O[C@@H]1[C@@H]2F. The van der Waals surface area contributed by atoms with Gasteiger partial charge in [-0.25, -0.2) is 33.9 Å². The van der Waals surface area contributed by atoms with E-state index in [1.807, 2.05) is 0 Å². The third-order valence-electron chi connectivity index (χ3n) is 6.56. The molecule has 6 atom stereocenters. The summed E-state index contributed by atoms with van der Waals surface area (Å²) in [5, 5.41) is 0. The Morgan fingerprint density at radius 3 is 2.90 bits per heavy atom. The van der Waals surface area contributed by atoms with Gasteiger partial charge in [-0.3, -0.25) is 13.6 Å². The number of aromatic nitrogens is 6. The Kier molecular flexibility index (Phi) is 7.68. The van der Waals surface area contributed by atoms with Crippen LogP contribution >= 0.6 is 25.8 Å². The van der Waals surface area contributed by atoms with Gasteiger partial charge in [0.15, 0.2) is 23.9 Å². The second-order valence-electron chi connectivity index (χ2n) is 9.43. The first kappa shape index (κ1) is 29.0. The number of imidazole rings is 2. The molecule has 6 heterocycles. The maximum Gasteiger partial charge on any atom is 0.387 e. The molecule has 1 fully saturated rings. The molecular formula is C21H25FN8O7P2S2. The van der Waals surface area contributed by atoms with E-state index in [0.29, 0.717) is 34.7 Å². The van der Waals surface area contributed by atoms with Crippen molar-refractivity contribution in [3.8, 4) is 0 Å². The Labute approximate surface area is 242 Å². The van der Waals surface area contributed by atoms with Crippen LogP contribution < -0.4 is 5.73 Å². The first-order chi connectivity index (χ1) is 19.4. The number of halogens is 1. The van der Waals surface area contributed by atoms with E-state index in [0.717, 1.165) is 0 Å². The third kappa shape index (κ3) is 5.78. The normalized spacial score (nSPS) is 33.1. The van der Waals surface area contributed by atoms with Gasteiger partial charge in [0.05, 0.1) is 25.7 Å². The number of alkyl halides is 1. The van der Waals surface area contributed by atoms with Crippen LogP contribution in [0.5, 0.6) is 0 Å². The fourth-order valence-corrected chi connectivity index (χ4v) is 7.21. The topological polar surface area (TPSA) is 183 Å². The molecule has 0 aliphatic carbocycles. The number of nitrogens with two attached hydrogens (primary N) is 1. The summed E-state index contributed by atoms with van der Waals surface area (Å²) in [5.41, 5.74) is 7.90. The highest BCUT2D eigenvalue weighted by atomic mass is 32.7. The molecule has 20 heteroatoms. The lowest BCUT2D eigenvalue weighted by molar-refractivity contribution is -0.0463. The lowest BCUT2D eigenvalue weighted by Gasteiger charge is -2.25. The van der Waals surface area contributed by atoms with Gasteiger partial charge in [-0.1, -0.05) is 18.8 Å². The minimum absolute atomic E-state index is 0.107. The summed E-state index contributed by atoms with van der Waals surface area (Å²) in [6, 6.07) is 0.